The van der Waals surface area contributed by atoms with Crippen LogP contribution in [0.15, 0.2) is 134 Å². The summed E-state index contributed by atoms with van der Waals surface area (Å²) in [7, 11) is 0. The van der Waals surface area contributed by atoms with Crippen LogP contribution in [0.4, 0.5) is 0 Å². The van der Waals surface area contributed by atoms with Crippen LogP contribution in [0.3, 0.4) is 0 Å². The molecule has 0 N–H and O–H groups in total. The molecule has 3 aliphatic rings. The van der Waals surface area contributed by atoms with Crippen molar-refractivity contribution in [1.82, 2.24) is 4.98 Å². The third-order valence-corrected chi connectivity index (χ3v) is 9.69. The lowest BCUT2D eigenvalue weighted by atomic mass is 9.77. The van der Waals surface area contributed by atoms with Gasteiger partial charge in [-0.3, -0.25) is 4.98 Å². The Morgan fingerprint density at radius 3 is 1.10 bits per heavy atom. The van der Waals surface area contributed by atoms with Gasteiger partial charge in [0, 0.05) is 12.4 Å². The van der Waals surface area contributed by atoms with Gasteiger partial charge < -0.3 is 9.47 Å². The SMILES string of the molecule is CC.CC.CC.CC.CC.CC(C)(C)c1ccccc1.CC(C)C.CC(C)C.CC(C)C1CCCc2ccccc21.CC(C)C1CCc2ccccc21.c1ccc2c(c1)OCO2.c1ccncc1. The smallest absolute Gasteiger partial charge is 0.231 e. The van der Waals surface area contributed by atoms with E-state index in [4.69, 9.17) is 9.47 Å². The number of aromatic nitrogens is 1. The summed E-state index contributed by atoms with van der Waals surface area (Å²) in [5.74, 6) is 6.58. The Labute approximate surface area is 424 Å². The van der Waals surface area contributed by atoms with Crippen LogP contribution in [-0.2, 0) is 18.3 Å². The summed E-state index contributed by atoms with van der Waals surface area (Å²) in [6.45, 7) is 49.4. The molecule has 0 bridgehead atoms. The lowest BCUT2D eigenvalue weighted by Crippen LogP contribution is -2.14. The van der Waals surface area contributed by atoms with E-state index in [9.17, 15) is 0 Å². The topological polar surface area (TPSA) is 31.4 Å². The Kier molecular flexibility index (Phi) is 47.9. The van der Waals surface area contributed by atoms with Crippen LogP contribution in [0, 0.1) is 23.7 Å². The van der Waals surface area contributed by atoms with Gasteiger partial charge >= 0.3 is 0 Å². The number of fused-ring (bicyclic) bond motifs is 3. The Morgan fingerprint density at radius 2 is 0.765 bits per heavy atom. The first kappa shape index (κ1) is 70.2. The molecule has 0 saturated heterocycles. The zero-order valence-corrected chi connectivity index (χ0v) is 48.7. The highest BCUT2D eigenvalue weighted by Crippen LogP contribution is 2.38. The third kappa shape index (κ3) is 34.0. The molecule has 0 saturated carbocycles. The van der Waals surface area contributed by atoms with Gasteiger partial charge in [-0.25, -0.2) is 0 Å². The molecule has 0 fully saturated rings. The van der Waals surface area contributed by atoms with Crippen molar-refractivity contribution in [3.05, 3.63) is 162 Å². The molecule has 5 aromatic rings. The minimum Gasteiger partial charge on any atom is -0.454 e. The largest absolute Gasteiger partial charge is 0.454 e. The average Bonchev–Trinajstić information content (AvgIpc) is 4.04. The van der Waals surface area contributed by atoms with Crippen LogP contribution >= 0.6 is 0 Å². The van der Waals surface area contributed by atoms with E-state index in [1.807, 2.05) is 112 Å². The monoisotopic (exact) mass is 936 g/mol. The summed E-state index contributed by atoms with van der Waals surface area (Å²) in [5.41, 5.74) is 8.08. The average molecular weight is 937 g/mol. The minimum atomic E-state index is 0.293. The number of para-hydroxylation sites is 2. The summed E-state index contributed by atoms with van der Waals surface area (Å²) < 4.78 is 10.2. The van der Waals surface area contributed by atoms with E-state index in [1.165, 1.54) is 37.7 Å². The summed E-state index contributed by atoms with van der Waals surface area (Å²) in [5, 5.41) is 0. The van der Waals surface area contributed by atoms with Gasteiger partial charge in [-0.15, -0.1) is 0 Å². The number of aryl methyl sites for hydroxylation is 2. The van der Waals surface area contributed by atoms with Crippen molar-refractivity contribution < 1.29 is 9.47 Å². The third-order valence-electron chi connectivity index (χ3n) is 9.69. The molecule has 8 rings (SSSR count). The summed E-state index contributed by atoms with van der Waals surface area (Å²) in [4.78, 5) is 3.78. The van der Waals surface area contributed by atoms with Gasteiger partial charge in [0.05, 0.1) is 0 Å². The molecule has 0 spiro atoms. The number of rotatable bonds is 2. The minimum absolute atomic E-state index is 0.293. The fourth-order valence-corrected chi connectivity index (χ4v) is 6.86. The second-order valence-electron chi connectivity index (χ2n) is 18.5. The van der Waals surface area contributed by atoms with Gasteiger partial charge in [0.2, 0.25) is 6.79 Å². The van der Waals surface area contributed by atoms with Crippen molar-refractivity contribution in [2.24, 2.45) is 23.7 Å². The Bertz CT molecular complexity index is 1690. The second kappa shape index (κ2) is 46.4. The zero-order chi connectivity index (χ0) is 52.9. The molecule has 1 aliphatic heterocycles. The molecule has 2 aliphatic carbocycles. The Hall–Kier alpha value is -4.37. The van der Waals surface area contributed by atoms with E-state index in [0.29, 0.717) is 12.2 Å². The summed E-state index contributed by atoms with van der Waals surface area (Å²) in [6, 6.07) is 41.8. The number of hydrogen-bond donors (Lipinski definition) is 0. The van der Waals surface area contributed by atoms with Gasteiger partial charge in [0.25, 0.3) is 0 Å². The van der Waals surface area contributed by atoms with Gasteiger partial charge in [-0.1, -0.05) is 256 Å². The molecule has 4 aromatic carbocycles. The standard InChI is InChI=1S/C13H18.C12H16.C10H14.C7H6O2.C5H5N.2C4H10.5C2H6/c1-10(2)12-9-5-7-11-6-3-4-8-13(11)12;1-9(2)11-8-7-10-5-3-4-6-12(10)11;1-10(2,3)9-7-5-4-6-8-9;1-2-4-7-6(3-1)8-5-9-7;1-2-4-6-5-3-1;2*1-4(2)3;5*1-2/h3-4,6,8,10,12H,5,7,9H2,1-2H3;3-6,9,11H,7-8H2,1-2H3;4-8H,1-3H3;1-4H,5H2;1-5H;2*4H,1-3H3;5*1-2H3. The molecule has 386 valence electrons. The Morgan fingerprint density at radius 1 is 0.426 bits per heavy atom. The first-order valence-corrected chi connectivity index (χ1v) is 27.0. The van der Waals surface area contributed by atoms with E-state index in [2.05, 4.69) is 174 Å². The molecule has 1 aromatic heterocycles. The van der Waals surface area contributed by atoms with Crippen molar-refractivity contribution in [2.75, 3.05) is 6.79 Å². The zero-order valence-electron chi connectivity index (χ0n) is 48.7. The lowest BCUT2D eigenvalue weighted by Gasteiger charge is -2.28. The highest BCUT2D eigenvalue weighted by molar-refractivity contribution is 5.41. The van der Waals surface area contributed by atoms with Gasteiger partial charge in [-0.05, 0) is 125 Å². The first-order valence-electron chi connectivity index (χ1n) is 27.0. The molecule has 3 heteroatoms. The normalized spacial score (nSPS) is 13.6. The van der Waals surface area contributed by atoms with Crippen LogP contribution in [0.5, 0.6) is 11.5 Å². The first-order chi connectivity index (χ1) is 32.6. The fourth-order valence-electron chi connectivity index (χ4n) is 6.86. The van der Waals surface area contributed by atoms with Crippen molar-refractivity contribution in [1.29, 1.82) is 0 Å². The number of ether oxygens (including phenoxy) is 2. The lowest BCUT2D eigenvalue weighted by molar-refractivity contribution is 0.174. The number of hydrogen-bond acceptors (Lipinski definition) is 3. The maximum Gasteiger partial charge on any atom is 0.231 e. The second-order valence-corrected chi connectivity index (χ2v) is 18.5. The molecule has 2 unspecified atom stereocenters. The van der Waals surface area contributed by atoms with E-state index in [-0.39, 0.29) is 0 Å². The van der Waals surface area contributed by atoms with Crippen LogP contribution in [-0.4, -0.2) is 11.8 Å². The molecule has 0 amide bonds. The molecule has 68 heavy (non-hydrogen) atoms. The van der Waals surface area contributed by atoms with Crippen molar-refractivity contribution in [3.63, 3.8) is 0 Å². The van der Waals surface area contributed by atoms with Crippen LogP contribution in [0.2, 0.25) is 0 Å². The summed E-state index contributed by atoms with van der Waals surface area (Å²) in [6.07, 6.45) is 10.2. The molecular formula is C65H109NO2. The predicted octanol–water partition coefficient (Wildman–Crippen LogP) is 21.1. The van der Waals surface area contributed by atoms with Crippen LogP contribution < -0.4 is 9.47 Å². The van der Waals surface area contributed by atoms with Crippen LogP contribution in [0.25, 0.3) is 0 Å². The molecule has 0 radical (unpaired) electrons. The van der Waals surface area contributed by atoms with E-state index >= 15 is 0 Å². The molecule has 3 nitrogen and oxygen atoms in total. The molecule has 2 atom stereocenters. The van der Waals surface area contributed by atoms with E-state index < -0.39 is 0 Å². The highest BCUT2D eigenvalue weighted by Gasteiger charge is 2.24. The molecule has 2 heterocycles. The maximum atomic E-state index is 5.08. The highest BCUT2D eigenvalue weighted by atomic mass is 16.7. The van der Waals surface area contributed by atoms with Crippen molar-refractivity contribution >= 4 is 0 Å². The van der Waals surface area contributed by atoms with Crippen LogP contribution in [0.1, 0.15) is 218 Å². The fraction of sp³-hybridized carbons (Fsp3) is 0.554. The van der Waals surface area contributed by atoms with Gasteiger partial charge in [0.1, 0.15) is 0 Å². The Balaban J connectivity index is -0.000000350. The van der Waals surface area contributed by atoms with Gasteiger partial charge in [0.15, 0.2) is 11.5 Å². The van der Waals surface area contributed by atoms with Crippen molar-refractivity contribution in [2.45, 2.75) is 209 Å². The van der Waals surface area contributed by atoms with E-state index in [1.54, 1.807) is 34.6 Å². The molecular weight excluding hydrogens is 827 g/mol. The van der Waals surface area contributed by atoms with Crippen molar-refractivity contribution in [3.8, 4) is 11.5 Å². The maximum absolute atomic E-state index is 5.08. The van der Waals surface area contributed by atoms with Gasteiger partial charge in [-0.2, -0.15) is 0 Å². The number of pyridine rings is 1. The number of nitrogens with zero attached hydrogens (tertiary/aromatic N) is 1. The predicted molar refractivity (Wildman–Crippen MR) is 309 cm³/mol. The summed E-state index contributed by atoms with van der Waals surface area (Å²) >= 11 is 0. The van der Waals surface area contributed by atoms with E-state index in [0.717, 1.165) is 47.0 Å². The quantitative estimate of drug-likeness (QED) is 0.177. The number of benzene rings is 4.